The van der Waals surface area contributed by atoms with Gasteiger partial charge in [-0.3, -0.25) is 0 Å². The molecule has 0 spiro atoms. The minimum Gasteiger partial charge on any atom is -0.329 e. The number of rotatable bonds is 3. The lowest BCUT2D eigenvalue weighted by Crippen LogP contribution is -2.55. The quantitative estimate of drug-likeness (QED) is 0.779. The smallest absolute Gasteiger partial charge is 0.214 e. The van der Waals surface area contributed by atoms with Crippen molar-refractivity contribution >= 4 is 10.0 Å². The van der Waals surface area contributed by atoms with Gasteiger partial charge in [-0.25, -0.2) is 8.42 Å². The Balaban J connectivity index is 3.06. The lowest BCUT2D eigenvalue weighted by molar-refractivity contribution is 0.154. The summed E-state index contributed by atoms with van der Waals surface area (Å²) in [5.41, 5.74) is 5.31. The van der Waals surface area contributed by atoms with Crippen molar-refractivity contribution in [3.63, 3.8) is 0 Å². The number of sulfonamides is 1. The van der Waals surface area contributed by atoms with E-state index >= 15 is 0 Å². The number of nitrogens with zero attached hydrogens (tertiary/aromatic N) is 1. The molecule has 1 fully saturated rings. The molecule has 1 saturated heterocycles. The molecule has 1 aliphatic heterocycles. The molecular weight excluding hydrogens is 212 g/mol. The summed E-state index contributed by atoms with van der Waals surface area (Å²) >= 11 is 0. The summed E-state index contributed by atoms with van der Waals surface area (Å²) in [5.74, 6) is 0.692. The molecule has 4 nitrogen and oxygen atoms in total. The van der Waals surface area contributed by atoms with E-state index in [1.54, 1.807) is 4.31 Å². The Bertz CT molecular complexity index is 326. The zero-order chi connectivity index (χ0) is 11.9. The molecule has 5 heteroatoms. The largest absolute Gasteiger partial charge is 0.329 e. The molecule has 2 unspecified atom stereocenters. The lowest BCUT2D eigenvalue weighted by Gasteiger charge is -2.40. The molecule has 2 atom stereocenters. The molecule has 0 aromatic carbocycles. The molecule has 2 N–H and O–H groups in total. The molecular formula is C10H22N2O2S. The molecule has 0 aliphatic carbocycles. The zero-order valence-electron chi connectivity index (χ0n) is 10.0. The van der Waals surface area contributed by atoms with Crippen LogP contribution < -0.4 is 5.73 Å². The van der Waals surface area contributed by atoms with Crippen LogP contribution in [0.25, 0.3) is 0 Å². The highest BCUT2D eigenvalue weighted by Gasteiger charge is 2.46. The molecule has 0 bridgehead atoms. The van der Waals surface area contributed by atoms with E-state index < -0.39 is 15.6 Å². The van der Waals surface area contributed by atoms with Gasteiger partial charge in [0.1, 0.15) is 0 Å². The van der Waals surface area contributed by atoms with Gasteiger partial charge in [0, 0.05) is 18.6 Å². The maximum atomic E-state index is 12.0. The Labute approximate surface area is 92.9 Å². The van der Waals surface area contributed by atoms with Crippen molar-refractivity contribution in [2.75, 3.05) is 18.8 Å². The van der Waals surface area contributed by atoms with Crippen molar-refractivity contribution in [2.24, 2.45) is 17.6 Å². The third-order valence-electron chi connectivity index (χ3n) is 3.54. The highest BCUT2D eigenvalue weighted by Crippen LogP contribution is 2.32. The fraction of sp³-hybridized carbons (Fsp3) is 1.00. The van der Waals surface area contributed by atoms with Crippen LogP contribution in [-0.4, -0.2) is 37.1 Å². The van der Waals surface area contributed by atoms with Crippen LogP contribution in [0.2, 0.25) is 0 Å². The fourth-order valence-corrected chi connectivity index (χ4v) is 4.46. The average Bonchev–Trinajstić information content (AvgIpc) is 2.38. The second kappa shape index (κ2) is 4.03. The van der Waals surface area contributed by atoms with Crippen LogP contribution in [0.1, 0.15) is 27.7 Å². The van der Waals surface area contributed by atoms with Crippen LogP contribution in [0.4, 0.5) is 0 Å². The number of hydrogen-bond donors (Lipinski definition) is 1. The Morgan fingerprint density at radius 1 is 1.53 bits per heavy atom. The van der Waals surface area contributed by atoms with Gasteiger partial charge in [-0.2, -0.15) is 4.31 Å². The molecule has 90 valence electrons. The van der Waals surface area contributed by atoms with Gasteiger partial charge in [0.25, 0.3) is 0 Å². The summed E-state index contributed by atoms with van der Waals surface area (Å²) < 4.78 is 25.5. The Hall–Kier alpha value is -0.130. The molecule has 1 heterocycles. The van der Waals surface area contributed by atoms with Gasteiger partial charge in [0.15, 0.2) is 0 Å². The molecule has 0 radical (unpaired) electrons. The van der Waals surface area contributed by atoms with Gasteiger partial charge in [0.2, 0.25) is 10.0 Å². The van der Waals surface area contributed by atoms with E-state index in [1.165, 1.54) is 0 Å². The third-order valence-corrected chi connectivity index (χ3v) is 5.76. The first-order valence-corrected chi connectivity index (χ1v) is 7.05. The van der Waals surface area contributed by atoms with Crippen LogP contribution in [0.5, 0.6) is 0 Å². The van der Waals surface area contributed by atoms with E-state index in [1.807, 2.05) is 27.7 Å². The van der Waals surface area contributed by atoms with Gasteiger partial charge >= 0.3 is 0 Å². The van der Waals surface area contributed by atoms with Crippen molar-refractivity contribution in [2.45, 2.75) is 33.2 Å². The summed E-state index contributed by atoms with van der Waals surface area (Å²) in [6, 6.07) is 0. The van der Waals surface area contributed by atoms with E-state index in [-0.39, 0.29) is 17.6 Å². The van der Waals surface area contributed by atoms with Gasteiger partial charge in [-0.05, 0) is 18.8 Å². The van der Waals surface area contributed by atoms with Crippen molar-refractivity contribution in [1.29, 1.82) is 0 Å². The van der Waals surface area contributed by atoms with Crippen LogP contribution in [0.15, 0.2) is 0 Å². The van der Waals surface area contributed by atoms with Crippen molar-refractivity contribution in [3.05, 3.63) is 0 Å². The standard InChI is InChI=1S/C10H22N2O2S/c1-8(2)10(4,7-11)12-5-9(3)6-15(12,13)14/h8-9H,5-7,11H2,1-4H3. The second-order valence-corrected chi connectivity index (χ2v) is 7.07. The van der Waals surface area contributed by atoms with Crippen molar-refractivity contribution in [3.8, 4) is 0 Å². The lowest BCUT2D eigenvalue weighted by atomic mass is 9.88. The van der Waals surface area contributed by atoms with Crippen LogP contribution in [0.3, 0.4) is 0 Å². The first-order valence-electron chi connectivity index (χ1n) is 5.44. The van der Waals surface area contributed by atoms with Gasteiger partial charge < -0.3 is 5.73 Å². The van der Waals surface area contributed by atoms with E-state index in [0.717, 1.165) is 0 Å². The summed E-state index contributed by atoms with van der Waals surface area (Å²) in [5, 5.41) is 0. The first kappa shape index (κ1) is 12.9. The van der Waals surface area contributed by atoms with E-state index in [2.05, 4.69) is 0 Å². The maximum absolute atomic E-state index is 12.0. The Morgan fingerprint density at radius 2 is 2.07 bits per heavy atom. The monoisotopic (exact) mass is 234 g/mol. The van der Waals surface area contributed by atoms with E-state index in [9.17, 15) is 8.42 Å². The molecule has 0 saturated carbocycles. The Morgan fingerprint density at radius 3 is 2.33 bits per heavy atom. The summed E-state index contributed by atoms with van der Waals surface area (Å²) in [4.78, 5) is 0. The Kier molecular flexibility index (Phi) is 3.48. The van der Waals surface area contributed by atoms with Gasteiger partial charge in [-0.1, -0.05) is 20.8 Å². The average molecular weight is 234 g/mol. The topological polar surface area (TPSA) is 63.4 Å². The minimum atomic E-state index is -3.10. The van der Waals surface area contributed by atoms with Gasteiger partial charge in [0.05, 0.1) is 5.75 Å². The SMILES string of the molecule is CC1CN(C(C)(CN)C(C)C)S(=O)(=O)C1. The van der Waals surface area contributed by atoms with Gasteiger partial charge in [-0.15, -0.1) is 0 Å². The molecule has 0 amide bonds. The van der Waals surface area contributed by atoms with Crippen LogP contribution >= 0.6 is 0 Å². The fourth-order valence-electron chi connectivity index (χ4n) is 2.05. The molecule has 15 heavy (non-hydrogen) atoms. The van der Waals surface area contributed by atoms with Crippen molar-refractivity contribution < 1.29 is 8.42 Å². The first-order chi connectivity index (χ1) is 6.74. The highest BCUT2D eigenvalue weighted by atomic mass is 32.2. The third kappa shape index (κ3) is 2.19. The summed E-state index contributed by atoms with van der Waals surface area (Å²) in [6.45, 7) is 8.92. The summed E-state index contributed by atoms with van der Waals surface area (Å²) in [6.07, 6.45) is 0. The molecule has 1 rings (SSSR count). The molecule has 0 aromatic rings. The normalized spacial score (nSPS) is 30.7. The maximum Gasteiger partial charge on any atom is 0.214 e. The number of hydrogen-bond acceptors (Lipinski definition) is 3. The predicted molar refractivity (Wildman–Crippen MR) is 62.0 cm³/mol. The van der Waals surface area contributed by atoms with Crippen LogP contribution in [0, 0.1) is 11.8 Å². The van der Waals surface area contributed by atoms with E-state index in [4.69, 9.17) is 5.73 Å². The molecule has 1 aliphatic rings. The van der Waals surface area contributed by atoms with Crippen molar-refractivity contribution in [1.82, 2.24) is 4.31 Å². The van der Waals surface area contributed by atoms with Crippen LogP contribution in [-0.2, 0) is 10.0 Å². The minimum absolute atomic E-state index is 0.208. The zero-order valence-corrected chi connectivity index (χ0v) is 10.8. The second-order valence-electron chi connectivity index (χ2n) is 5.13. The predicted octanol–water partition coefficient (Wildman–Crippen LogP) is 0.641. The molecule has 0 aromatic heterocycles. The number of nitrogens with two attached hydrogens (primary N) is 1. The highest BCUT2D eigenvalue weighted by molar-refractivity contribution is 7.89. The summed E-state index contributed by atoms with van der Waals surface area (Å²) in [7, 11) is -3.10. The van der Waals surface area contributed by atoms with E-state index in [0.29, 0.717) is 13.1 Å².